The fourth-order valence-corrected chi connectivity index (χ4v) is 5.13. The molecule has 2 heteroatoms. The van der Waals surface area contributed by atoms with Gasteiger partial charge in [0, 0.05) is 22.0 Å². The minimum absolute atomic E-state index is 0.765. The van der Waals surface area contributed by atoms with Crippen LogP contribution in [-0.2, 0) is 0 Å². The summed E-state index contributed by atoms with van der Waals surface area (Å²) in [5.74, 6) is 0. The Kier molecular flexibility index (Phi) is 10.6. The Bertz CT molecular complexity index is 1310. The maximum atomic E-state index is 4.52. The van der Waals surface area contributed by atoms with Gasteiger partial charge in [0.25, 0.3) is 0 Å². The SMILES string of the molecule is C=C/C=C(\C=C/CC)c1ccc(N2C(=C)/C=C(\C)Sc3ccccc3/C=C/C/C(C=C)=C2/C=C\C)cc1. The highest BCUT2D eigenvalue weighted by Crippen LogP contribution is 2.35. The van der Waals surface area contributed by atoms with Gasteiger partial charge in [0.1, 0.15) is 0 Å². The van der Waals surface area contributed by atoms with E-state index in [2.05, 4.69) is 130 Å². The first kappa shape index (κ1) is 27.8. The molecule has 0 saturated heterocycles. The molecule has 0 unspecified atom stereocenters. The molecule has 0 bridgehead atoms. The van der Waals surface area contributed by atoms with E-state index >= 15 is 0 Å². The molecule has 1 nitrogen and oxygen atoms in total. The van der Waals surface area contributed by atoms with Crippen LogP contribution in [0, 0.1) is 0 Å². The summed E-state index contributed by atoms with van der Waals surface area (Å²) in [5.41, 5.74) is 7.66. The van der Waals surface area contributed by atoms with Gasteiger partial charge in [0.05, 0.1) is 0 Å². The number of rotatable bonds is 7. The Labute approximate surface area is 228 Å². The minimum atomic E-state index is 0.765. The number of benzene rings is 2. The summed E-state index contributed by atoms with van der Waals surface area (Å²) in [5, 5.41) is 0. The van der Waals surface area contributed by atoms with Crippen molar-refractivity contribution in [3.8, 4) is 0 Å². The normalized spacial score (nSPS) is 19.6. The van der Waals surface area contributed by atoms with Crippen molar-refractivity contribution >= 4 is 29.1 Å². The van der Waals surface area contributed by atoms with E-state index in [4.69, 9.17) is 0 Å². The van der Waals surface area contributed by atoms with Crippen molar-refractivity contribution in [3.05, 3.63) is 156 Å². The number of hydrogen-bond donors (Lipinski definition) is 0. The zero-order valence-electron chi connectivity index (χ0n) is 22.3. The molecular weight excluding hydrogens is 466 g/mol. The number of thioether (sulfide) groups is 1. The van der Waals surface area contributed by atoms with Gasteiger partial charge in [-0.1, -0.05) is 117 Å². The highest BCUT2D eigenvalue weighted by atomic mass is 32.2. The lowest BCUT2D eigenvalue weighted by Crippen LogP contribution is -2.21. The van der Waals surface area contributed by atoms with E-state index in [1.807, 2.05) is 25.2 Å². The highest BCUT2D eigenvalue weighted by molar-refractivity contribution is 8.03. The molecule has 1 heterocycles. The third-order valence-electron chi connectivity index (χ3n) is 5.91. The predicted molar refractivity (Wildman–Crippen MR) is 167 cm³/mol. The lowest BCUT2D eigenvalue weighted by Gasteiger charge is -2.29. The molecule has 0 radical (unpaired) electrons. The standard InChI is InChI=1S/C35H37NS/c1-7-11-17-30(15-8-2)31-22-24-33(25-23-31)36-27(5)26-28(6)37-35-21-13-12-18-32(35)20-14-19-29(10-4)34(36)16-9-3/h8-18,20-26H,2,4-5,7,19H2,1,3,6H3/b16-9-,17-11-,20-14+,28-26+,30-15+,34-29-. The van der Waals surface area contributed by atoms with Crippen molar-refractivity contribution in [3.63, 3.8) is 0 Å². The van der Waals surface area contributed by atoms with Crippen LogP contribution in [0.1, 0.15) is 44.7 Å². The molecule has 188 valence electrons. The van der Waals surface area contributed by atoms with Crippen molar-refractivity contribution in [2.45, 2.75) is 38.5 Å². The average Bonchev–Trinajstić information content (AvgIpc) is 2.89. The number of nitrogens with zero attached hydrogens (tertiary/aromatic N) is 1. The second-order valence-electron chi connectivity index (χ2n) is 8.66. The average molecular weight is 504 g/mol. The van der Waals surface area contributed by atoms with Crippen LogP contribution in [0.3, 0.4) is 0 Å². The van der Waals surface area contributed by atoms with Crippen LogP contribution in [0.2, 0.25) is 0 Å². The largest absolute Gasteiger partial charge is 0.311 e. The van der Waals surface area contributed by atoms with E-state index in [0.717, 1.165) is 46.6 Å². The maximum Gasteiger partial charge on any atom is 0.0493 e. The number of anilines is 1. The topological polar surface area (TPSA) is 3.24 Å². The quantitative estimate of drug-likeness (QED) is 0.346. The second-order valence-corrected chi connectivity index (χ2v) is 9.95. The van der Waals surface area contributed by atoms with Crippen molar-refractivity contribution in [1.82, 2.24) is 0 Å². The maximum absolute atomic E-state index is 4.52. The molecule has 0 fully saturated rings. The zero-order chi connectivity index (χ0) is 26.6. The summed E-state index contributed by atoms with van der Waals surface area (Å²) >= 11 is 1.77. The fraction of sp³-hybridized carbons (Fsp3) is 0.143. The van der Waals surface area contributed by atoms with E-state index in [1.165, 1.54) is 15.4 Å². The van der Waals surface area contributed by atoms with Crippen molar-refractivity contribution in [1.29, 1.82) is 0 Å². The van der Waals surface area contributed by atoms with Gasteiger partial charge in [0.15, 0.2) is 0 Å². The molecule has 0 atom stereocenters. The predicted octanol–water partition coefficient (Wildman–Crippen LogP) is 10.7. The Morgan fingerprint density at radius 3 is 2.51 bits per heavy atom. The first-order valence-electron chi connectivity index (χ1n) is 12.7. The molecule has 1 aliphatic heterocycles. The van der Waals surface area contributed by atoms with Gasteiger partial charge >= 0.3 is 0 Å². The highest BCUT2D eigenvalue weighted by Gasteiger charge is 2.17. The molecule has 0 spiro atoms. The van der Waals surface area contributed by atoms with Gasteiger partial charge in [-0.05, 0) is 84.2 Å². The van der Waals surface area contributed by atoms with Gasteiger partial charge in [0.2, 0.25) is 0 Å². The van der Waals surface area contributed by atoms with Crippen LogP contribution in [0.4, 0.5) is 5.69 Å². The van der Waals surface area contributed by atoms with E-state index in [0.29, 0.717) is 0 Å². The summed E-state index contributed by atoms with van der Waals surface area (Å²) in [6, 6.07) is 17.2. The fourth-order valence-electron chi connectivity index (χ4n) is 4.18. The van der Waals surface area contributed by atoms with Crippen LogP contribution >= 0.6 is 11.8 Å². The molecular formula is C35H37NS. The molecule has 0 aromatic heterocycles. The molecule has 0 amide bonds. The number of allylic oxidation sites excluding steroid dienone is 12. The lowest BCUT2D eigenvalue weighted by atomic mass is 10.0. The van der Waals surface area contributed by atoms with Crippen molar-refractivity contribution in [2.24, 2.45) is 0 Å². The minimum Gasteiger partial charge on any atom is -0.311 e. The summed E-state index contributed by atoms with van der Waals surface area (Å²) in [4.78, 5) is 4.63. The third kappa shape index (κ3) is 7.38. The van der Waals surface area contributed by atoms with Crippen LogP contribution in [0.25, 0.3) is 11.6 Å². The van der Waals surface area contributed by atoms with Gasteiger partial charge in [-0.25, -0.2) is 0 Å². The summed E-state index contributed by atoms with van der Waals surface area (Å²) in [6.07, 6.45) is 22.7. The monoisotopic (exact) mass is 503 g/mol. The van der Waals surface area contributed by atoms with E-state index in [-0.39, 0.29) is 0 Å². The molecule has 0 saturated carbocycles. The van der Waals surface area contributed by atoms with E-state index in [1.54, 1.807) is 11.8 Å². The smallest absolute Gasteiger partial charge is 0.0493 e. The number of fused-ring (bicyclic) bond motifs is 1. The molecule has 2 aromatic rings. The molecule has 0 aliphatic carbocycles. The Morgan fingerprint density at radius 1 is 1.08 bits per heavy atom. The van der Waals surface area contributed by atoms with Crippen LogP contribution in [0.15, 0.2) is 150 Å². The van der Waals surface area contributed by atoms with Crippen molar-refractivity contribution in [2.75, 3.05) is 4.90 Å². The van der Waals surface area contributed by atoms with E-state index < -0.39 is 0 Å². The summed E-state index contributed by atoms with van der Waals surface area (Å²) in [7, 11) is 0. The van der Waals surface area contributed by atoms with Gasteiger partial charge in [-0.3, -0.25) is 0 Å². The molecule has 2 aromatic carbocycles. The first-order valence-corrected chi connectivity index (χ1v) is 13.5. The second kappa shape index (κ2) is 14.1. The first-order chi connectivity index (χ1) is 18.0. The van der Waals surface area contributed by atoms with Crippen LogP contribution in [0.5, 0.6) is 0 Å². The van der Waals surface area contributed by atoms with Crippen molar-refractivity contribution < 1.29 is 0 Å². The Morgan fingerprint density at radius 2 is 1.84 bits per heavy atom. The summed E-state index contributed by atoms with van der Waals surface area (Å²) < 4.78 is 0. The lowest BCUT2D eigenvalue weighted by molar-refractivity contribution is 1.09. The molecule has 1 aliphatic rings. The summed E-state index contributed by atoms with van der Waals surface area (Å²) in [6.45, 7) is 18.9. The number of hydrogen-bond acceptors (Lipinski definition) is 2. The third-order valence-corrected chi connectivity index (χ3v) is 6.94. The molecule has 37 heavy (non-hydrogen) atoms. The zero-order valence-corrected chi connectivity index (χ0v) is 23.1. The van der Waals surface area contributed by atoms with Gasteiger partial charge < -0.3 is 4.90 Å². The van der Waals surface area contributed by atoms with E-state index in [9.17, 15) is 0 Å². The molecule has 3 rings (SSSR count). The Balaban J connectivity index is 2.16. The Hall–Kier alpha value is -3.75. The van der Waals surface area contributed by atoms with Gasteiger partial charge in [-0.2, -0.15) is 0 Å². The van der Waals surface area contributed by atoms with Crippen LogP contribution < -0.4 is 4.90 Å². The molecule has 0 N–H and O–H groups in total. The van der Waals surface area contributed by atoms with Crippen LogP contribution in [-0.4, -0.2) is 0 Å². The van der Waals surface area contributed by atoms with Gasteiger partial charge in [-0.15, -0.1) is 0 Å².